The number of anilines is 1. The van der Waals surface area contributed by atoms with Crippen LogP contribution in [0, 0.1) is 13.8 Å². The topological polar surface area (TPSA) is 88.9 Å². The number of amides is 3. The number of hydrogen-bond donors (Lipinski definition) is 2. The van der Waals surface area contributed by atoms with Crippen molar-refractivity contribution in [1.82, 2.24) is 20.1 Å². The lowest BCUT2D eigenvalue weighted by Crippen LogP contribution is -2.35. The van der Waals surface area contributed by atoms with Gasteiger partial charge in [0.25, 0.3) is 0 Å². The third-order valence-corrected chi connectivity index (χ3v) is 4.12. The molecule has 0 saturated carbocycles. The summed E-state index contributed by atoms with van der Waals surface area (Å²) in [5.74, 6) is -0.290. The van der Waals surface area contributed by atoms with Crippen molar-refractivity contribution in [3.05, 3.63) is 35.7 Å². The fourth-order valence-corrected chi connectivity index (χ4v) is 2.75. The molecule has 23 heavy (non-hydrogen) atoms. The molecule has 2 aromatic rings. The number of hydrogen-bond acceptors (Lipinski definition) is 5. The van der Waals surface area contributed by atoms with Crippen molar-refractivity contribution >= 4 is 29.4 Å². The zero-order valence-electron chi connectivity index (χ0n) is 13.3. The molecule has 1 aromatic carbocycles. The lowest BCUT2D eigenvalue weighted by atomic mass is 10.1. The summed E-state index contributed by atoms with van der Waals surface area (Å²) in [6, 6.07) is 5.13. The van der Waals surface area contributed by atoms with E-state index in [0.717, 1.165) is 17.7 Å². The number of aryl methyl sites for hydroxylation is 3. The quantitative estimate of drug-likeness (QED) is 0.820. The highest BCUT2D eigenvalue weighted by molar-refractivity contribution is 7.99. The minimum absolute atomic E-state index is 0.0962. The first-order valence-electron chi connectivity index (χ1n) is 7.18. The summed E-state index contributed by atoms with van der Waals surface area (Å²) in [7, 11) is 0. The maximum absolute atomic E-state index is 11.9. The van der Waals surface area contributed by atoms with Crippen LogP contribution in [0.2, 0.25) is 0 Å². The van der Waals surface area contributed by atoms with Gasteiger partial charge in [0.05, 0.1) is 5.75 Å². The number of thioether (sulfide) groups is 1. The van der Waals surface area contributed by atoms with Crippen molar-refractivity contribution in [1.29, 1.82) is 0 Å². The van der Waals surface area contributed by atoms with Gasteiger partial charge in [-0.25, -0.2) is 4.79 Å². The van der Waals surface area contributed by atoms with E-state index in [0.29, 0.717) is 10.8 Å². The second kappa shape index (κ2) is 7.77. The zero-order valence-corrected chi connectivity index (χ0v) is 14.1. The molecule has 0 unspecified atom stereocenters. The first-order valence-corrected chi connectivity index (χ1v) is 8.17. The maximum Gasteiger partial charge on any atom is 0.325 e. The van der Waals surface area contributed by atoms with Crippen molar-refractivity contribution in [2.24, 2.45) is 0 Å². The van der Waals surface area contributed by atoms with Crippen LogP contribution < -0.4 is 10.6 Å². The van der Waals surface area contributed by atoms with Crippen LogP contribution in [0.15, 0.2) is 29.7 Å². The second-order valence-corrected chi connectivity index (χ2v) is 5.95. The summed E-state index contributed by atoms with van der Waals surface area (Å²) in [5.41, 5.74) is 2.73. The van der Waals surface area contributed by atoms with E-state index in [1.807, 2.05) is 43.5 Å². The van der Waals surface area contributed by atoms with Gasteiger partial charge in [-0.05, 0) is 32.4 Å². The number of carbonyl (C=O) groups is 2. The van der Waals surface area contributed by atoms with Gasteiger partial charge >= 0.3 is 6.03 Å². The second-order valence-electron chi connectivity index (χ2n) is 5.01. The summed E-state index contributed by atoms with van der Waals surface area (Å²) < 4.78 is 1.83. The number of aromatic nitrogens is 3. The predicted octanol–water partition coefficient (Wildman–Crippen LogP) is 2.36. The van der Waals surface area contributed by atoms with Gasteiger partial charge in [-0.15, -0.1) is 10.2 Å². The van der Waals surface area contributed by atoms with Gasteiger partial charge in [0.2, 0.25) is 5.91 Å². The Hall–Kier alpha value is -2.35. The highest BCUT2D eigenvalue weighted by Gasteiger charge is 2.11. The zero-order chi connectivity index (χ0) is 16.8. The van der Waals surface area contributed by atoms with Crippen LogP contribution in [-0.4, -0.2) is 32.5 Å². The van der Waals surface area contributed by atoms with E-state index in [1.165, 1.54) is 11.8 Å². The Labute approximate surface area is 138 Å². The Balaban J connectivity index is 1.84. The third-order valence-electron chi connectivity index (χ3n) is 3.14. The molecule has 0 spiro atoms. The Kier molecular flexibility index (Phi) is 5.75. The molecule has 7 nitrogen and oxygen atoms in total. The van der Waals surface area contributed by atoms with Gasteiger partial charge in [0, 0.05) is 12.2 Å². The average molecular weight is 333 g/mol. The van der Waals surface area contributed by atoms with E-state index in [-0.39, 0.29) is 11.7 Å². The molecule has 1 aromatic heterocycles. The molecule has 122 valence electrons. The molecule has 2 rings (SSSR count). The fraction of sp³-hybridized carbons (Fsp3) is 0.333. The van der Waals surface area contributed by atoms with Gasteiger partial charge in [-0.3, -0.25) is 10.1 Å². The third kappa shape index (κ3) is 4.82. The summed E-state index contributed by atoms with van der Waals surface area (Å²) in [6.07, 6.45) is 1.60. The summed E-state index contributed by atoms with van der Waals surface area (Å²) in [6.45, 7) is 6.57. The van der Waals surface area contributed by atoms with Crippen LogP contribution >= 0.6 is 11.8 Å². The first kappa shape index (κ1) is 17.0. The molecule has 0 fully saturated rings. The van der Waals surface area contributed by atoms with Crippen LogP contribution in [-0.2, 0) is 11.3 Å². The summed E-state index contributed by atoms with van der Waals surface area (Å²) in [4.78, 5) is 23.7. The minimum Gasteiger partial charge on any atom is -0.309 e. The molecular weight excluding hydrogens is 314 g/mol. The van der Waals surface area contributed by atoms with E-state index < -0.39 is 6.03 Å². The number of rotatable bonds is 5. The Morgan fingerprint density at radius 1 is 1.30 bits per heavy atom. The van der Waals surface area contributed by atoms with E-state index >= 15 is 0 Å². The molecule has 8 heteroatoms. The molecule has 0 saturated heterocycles. The maximum atomic E-state index is 11.9. The van der Waals surface area contributed by atoms with Crippen LogP contribution in [0.4, 0.5) is 10.5 Å². The molecule has 0 radical (unpaired) electrons. The number of carbonyl (C=O) groups excluding carboxylic acids is 2. The van der Waals surface area contributed by atoms with Crippen molar-refractivity contribution in [3.63, 3.8) is 0 Å². The molecule has 1 heterocycles. The van der Waals surface area contributed by atoms with Crippen LogP contribution in [0.1, 0.15) is 18.1 Å². The van der Waals surface area contributed by atoms with Gasteiger partial charge in [0.15, 0.2) is 5.16 Å². The monoisotopic (exact) mass is 333 g/mol. The van der Waals surface area contributed by atoms with Crippen LogP contribution in [0.5, 0.6) is 0 Å². The van der Waals surface area contributed by atoms with Crippen molar-refractivity contribution in [3.8, 4) is 0 Å². The number of nitrogens with zero attached hydrogens (tertiary/aromatic N) is 3. The molecule has 2 N–H and O–H groups in total. The lowest BCUT2D eigenvalue weighted by molar-refractivity contribution is -0.117. The SMILES string of the molecule is CCn1cnnc1SCC(=O)NC(=O)Nc1ccc(C)cc1C. The van der Waals surface area contributed by atoms with Gasteiger partial charge in [0.1, 0.15) is 6.33 Å². The van der Waals surface area contributed by atoms with Gasteiger partial charge in [-0.2, -0.15) is 0 Å². The van der Waals surface area contributed by atoms with E-state index in [1.54, 1.807) is 6.33 Å². The normalized spacial score (nSPS) is 10.4. The smallest absolute Gasteiger partial charge is 0.309 e. The van der Waals surface area contributed by atoms with Crippen molar-refractivity contribution in [2.75, 3.05) is 11.1 Å². The minimum atomic E-state index is -0.542. The van der Waals surface area contributed by atoms with Crippen LogP contribution in [0.25, 0.3) is 0 Å². The standard InChI is InChI=1S/C15H19N5O2S/c1-4-20-9-16-19-15(20)23-8-13(21)18-14(22)17-12-6-5-10(2)7-11(12)3/h5-7,9H,4,8H2,1-3H3,(H2,17,18,21,22). The van der Waals surface area contributed by atoms with Gasteiger partial charge in [-0.1, -0.05) is 29.5 Å². The fourth-order valence-electron chi connectivity index (χ4n) is 1.97. The van der Waals surface area contributed by atoms with Crippen molar-refractivity contribution in [2.45, 2.75) is 32.5 Å². The van der Waals surface area contributed by atoms with Crippen LogP contribution in [0.3, 0.4) is 0 Å². The Morgan fingerprint density at radius 2 is 2.09 bits per heavy atom. The number of nitrogens with one attached hydrogen (secondary N) is 2. The molecule has 3 amide bonds. The predicted molar refractivity (Wildman–Crippen MR) is 89.5 cm³/mol. The number of benzene rings is 1. The molecule has 0 aliphatic carbocycles. The molecule has 0 bridgehead atoms. The highest BCUT2D eigenvalue weighted by Crippen LogP contribution is 2.16. The lowest BCUT2D eigenvalue weighted by Gasteiger charge is -2.09. The highest BCUT2D eigenvalue weighted by atomic mass is 32.2. The van der Waals surface area contributed by atoms with E-state index in [4.69, 9.17) is 0 Å². The number of urea groups is 1. The summed E-state index contributed by atoms with van der Waals surface area (Å²) >= 11 is 1.24. The first-order chi connectivity index (χ1) is 11.0. The number of imide groups is 1. The van der Waals surface area contributed by atoms with E-state index in [9.17, 15) is 9.59 Å². The molecular formula is C15H19N5O2S. The van der Waals surface area contributed by atoms with E-state index in [2.05, 4.69) is 20.8 Å². The van der Waals surface area contributed by atoms with Crippen molar-refractivity contribution < 1.29 is 9.59 Å². The molecule has 0 aliphatic heterocycles. The average Bonchev–Trinajstić information content (AvgIpc) is 2.95. The Bertz CT molecular complexity index is 714. The largest absolute Gasteiger partial charge is 0.325 e. The summed E-state index contributed by atoms with van der Waals surface area (Å²) in [5, 5.41) is 13.3. The Morgan fingerprint density at radius 3 is 2.78 bits per heavy atom. The molecule has 0 atom stereocenters. The molecule has 0 aliphatic rings. The van der Waals surface area contributed by atoms with Gasteiger partial charge < -0.3 is 9.88 Å².